The molecular weight excluding hydrogens is 320 g/mol. The molecule has 2 saturated heterocycles. The maximum atomic E-state index is 13.0. The van der Waals surface area contributed by atoms with E-state index in [1.54, 1.807) is 7.11 Å². The highest BCUT2D eigenvalue weighted by Crippen LogP contribution is 2.27. The van der Waals surface area contributed by atoms with Crippen LogP contribution < -0.4 is 4.74 Å². The molecule has 2 atom stereocenters. The summed E-state index contributed by atoms with van der Waals surface area (Å²) in [6, 6.07) is 7.88. The SMILES string of the molecule is COCCOc1ccccc1C(=O)N1CC(C)C(N2CCOCC2)C1. The Hall–Kier alpha value is -1.63. The number of nitrogens with zero attached hydrogens (tertiary/aromatic N) is 2. The highest BCUT2D eigenvalue weighted by molar-refractivity contribution is 5.97. The molecule has 1 aromatic carbocycles. The number of methoxy groups -OCH3 is 1. The molecule has 6 nitrogen and oxygen atoms in total. The summed E-state index contributed by atoms with van der Waals surface area (Å²) >= 11 is 0. The summed E-state index contributed by atoms with van der Waals surface area (Å²) < 4.78 is 16.2. The van der Waals surface area contributed by atoms with Crippen molar-refractivity contribution in [2.24, 2.45) is 5.92 Å². The van der Waals surface area contributed by atoms with Gasteiger partial charge in [-0.25, -0.2) is 0 Å². The Balaban J connectivity index is 1.67. The monoisotopic (exact) mass is 348 g/mol. The van der Waals surface area contributed by atoms with Gasteiger partial charge in [0.05, 0.1) is 25.4 Å². The lowest BCUT2D eigenvalue weighted by molar-refractivity contribution is 0.0119. The lowest BCUT2D eigenvalue weighted by Gasteiger charge is -2.34. The van der Waals surface area contributed by atoms with Gasteiger partial charge in [-0.1, -0.05) is 19.1 Å². The fourth-order valence-corrected chi connectivity index (χ4v) is 3.67. The second-order valence-electron chi connectivity index (χ2n) is 6.74. The molecule has 3 rings (SSSR count). The quantitative estimate of drug-likeness (QED) is 0.730. The average molecular weight is 348 g/mol. The topological polar surface area (TPSA) is 51.2 Å². The van der Waals surface area contributed by atoms with Crippen LogP contribution in [0.3, 0.4) is 0 Å². The van der Waals surface area contributed by atoms with E-state index >= 15 is 0 Å². The number of likely N-dealkylation sites (tertiary alicyclic amines) is 1. The fourth-order valence-electron chi connectivity index (χ4n) is 3.67. The van der Waals surface area contributed by atoms with Gasteiger partial charge in [-0.05, 0) is 18.1 Å². The van der Waals surface area contributed by atoms with Gasteiger partial charge >= 0.3 is 0 Å². The molecule has 25 heavy (non-hydrogen) atoms. The largest absolute Gasteiger partial charge is 0.490 e. The molecule has 0 radical (unpaired) electrons. The minimum absolute atomic E-state index is 0.0515. The van der Waals surface area contributed by atoms with Crippen molar-refractivity contribution in [3.8, 4) is 5.75 Å². The number of morpholine rings is 1. The molecule has 0 aromatic heterocycles. The molecule has 2 aliphatic rings. The zero-order valence-corrected chi connectivity index (χ0v) is 15.1. The molecule has 2 aliphatic heterocycles. The fraction of sp³-hybridized carbons (Fsp3) is 0.632. The standard InChI is InChI=1S/C19H28N2O4/c1-15-13-21(14-17(15)20-7-9-24-10-8-20)19(22)16-5-3-4-6-18(16)25-12-11-23-2/h3-6,15,17H,7-14H2,1-2H3. The smallest absolute Gasteiger partial charge is 0.257 e. The number of carbonyl (C=O) groups is 1. The molecule has 2 unspecified atom stereocenters. The van der Waals surface area contributed by atoms with E-state index in [0.29, 0.717) is 36.5 Å². The van der Waals surface area contributed by atoms with Gasteiger partial charge in [-0.3, -0.25) is 9.69 Å². The lowest BCUT2D eigenvalue weighted by Crippen LogP contribution is -2.47. The van der Waals surface area contributed by atoms with Crippen LogP contribution in [0.2, 0.25) is 0 Å². The Morgan fingerprint density at radius 1 is 1.20 bits per heavy atom. The van der Waals surface area contributed by atoms with Crippen molar-refractivity contribution in [1.29, 1.82) is 0 Å². The molecule has 2 fully saturated rings. The summed E-state index contributed by atoms with van der Waals surface area (Å²) in [7, 11) is 1.64. The number of rotatable bonds is 6. The Morgan fingerprint density at radius 2 is 1.96 bits per heavy atom. The van der Waals surface area contributed by atoms with Gasteiger partial charge < -0.3 is 19.1 Å². The van der Waals surface area contributed by atoms with Crippen molar-refractivity contribution in [3.05, 3.63) is 29.8 Å². The van der Waals surface area contributed by atoms with E-state index in [0.717, 1.165) is 39.4 Å². The van der Waals surface area contributed by atoms with Crippen LogP contribution in [-0.4, -0.2) is 81.5 Å². The number of para-hydroxylation sites is 1. The van der Waals surface area contributed by atoms with Crippen LogP contribution in [0.1, 0.15) is 17.3 Å². The first-order valence-corrected chi connectivity index (χ1v) is 9.02. The first kappa shape index (κ1) is 18.2. The van der Waals surface area contributed by atoms with Crippen LogP contribution in [0.5, 0.6) is 5.75 Å². The van der Waals surface area contributed by atoms with Crippen LogP contribution in [-0.2, 0) is 9.47 Å². The third-order valence-corrected chi connectivity index (χ3v) is 5.04. The highest BCUT2D eigenvalue weighted by Gasteiger charge is 2.37. The summed E-state index contributed by atoms with van der Waals surface area (Å²) in [5.74, 6) is 1.14. The molecule has 0 saturated carbocycles. The lowest BCUT2D eigenvalue weighted by atomic mass is 10.0. The molecule has 0 aliphatic carbocycles. The van der Waals surface area contributed by atoms with Crippen LogP contribution in [0.25, 0.3) is 0 Å². The highest BCUT2D eigenvalue weighted by atomic mass is 16.5. The molecule has 0 N–H and O–H groups in total. The Morgan fingerprint density at radius 3 is 2.72 bits per heavy atom. The second kappa shape index (κ2) is 8.65. The number of carbonyl (C=O) groups excluding carboxylic acids is 1. The molecule has 1 aromatic rings. The van der Waals surface area contributed by atoms with Gasteiger partial charge in [0.2, 0.25) is 0 Å². The van der Waals surface area contributed by atoms with Crippen LogP contribution in [0.4, 0.5) is 0 Å². The third kappa shape index (κ3) is 4.32. The number of ether oxygens (including phenoxy) is 3. The summed E-state index contributed by atoms with van der Waals surface area (Å²) in [4.78, 5) is 17.5. The minimum Gasteiger partial charge on any atom is -0.490 e. The van der Waals surface area contributed by atoms with E-state index in [4.69, 9.17) is 14.2 Å². The molecule has 2 heterocycles. The molecule has 138 valence electrons. The number of hydrogen-bond donors (Lipinski definition) is 0. The summed E-state index contributed by atoms with van der Waals surface area (Å²) in [5.41, 5.74) is 0.633. The maximum Gasteiger partial charge on any atom is 0.257 e. The third-order valence-electron chi connectivity index (χ3n) is 5.04. The van der Waals surface area contributed by atoms with E-state index in [1.165, 1.54) is 0 Å². The van der Waals surface area contributed by atoms with Crippen molar-refractivity contribution in [2.75, 3.05) is 59.7 Å². The Labute approximate surface area is 149 Å². The van der Waals surface area contributed by atoms with Gasteiger partial charge in [0.1, 0.15) is 12.4 Å². The van der Waals surface area contributed by atoms with Gasteiger partial charge in [-0.2, -0.15) is 0 Å². The maximum absolute atomic E-state index is 13.0. The van der Waals surface area contributed by atoms with Crippen molar-refractivity contribution >= 4 is 5.91 Å². The van der Waals surface area contributed by atoms with Gasteiger partial charge in [0.15, 0.2) is 0 Å². The van der Waals surface area contributed by atoms with E-state index in [2.05, 4.69) is 11.8 Å². The van der Waals surface area contributed by atoms with E-state index < -0.39 is 0 Å². The molecule has 0 spiro atoms. The van der Waals surface area contributed by atoms with Gasteiger partial charge in [-0.15, -0.1) is 0 Å². The summed E-state index contributed by atoms with van der Waals surface area (Å²) in [6.07, 6.45) is 0. The van der Waals surface area contributed by atoms with Gasteiger partial charge in [0.25, 0.3) is 5.91 Å². The van der Waals surface area contributed by atoms with E-state index in [9.17, 15) is 4.79 Å². The zero-order chi connectivity index (χ0) is 17.6. The first-order valence-electron chi connectivity index (χ1n) is 9.02. The van der Waals surface area contributed by atoms with Gasteiger partial charge in [0, 0.05) is 39.3 Å². The number of benzene rings is 1. The predicted octanol–water partition coefficient (Wildman–Crippen LogP) is 1.50. The van der Waals surface area contributed by atoms with Crippen molar-refractivity contribution in [3.63, 3.8) is 0 Å². The van der Waals surface area contributed by atoms with Crippen molar-refractivity contribution in [1.82, 2.24) is 9.80 Å². The minimum atomic E-state index is 0.0515. The molecule has 0 bridgehead atoms. The van der Waals surface area contributed by atoms with Crippen LogP contribution in [0, 0.1) is 5.92 Å². The molecule has 6 heteroatoms. The van der Waals surface area contributed by atoms with E-state index in [-0.39, 0.29) is 5.91 Å². The normalized spacial score (nSPS) is 24.5. The van der Waals surface area contributed by atoms with Crippen LogP contribution >= 0.6 is 0 Å². The number of hydrogen-bond acceptors (Lipinski definition) is 5. The second-order valence-corrected chi connectivity index (χ2v) is 6.74. The Bertz CT molecular complexity index is 574. The molecular formula is C19H28N2O4. The van der Waals surface area contributed by atoms with Crippen molar-refractivity contribution in [2.45, 2.75) is 13.0 Å². The summed E-state index contributed by atoms with van der Waals surface area (Å²) in [6.45, 7) is 8.20. The van der Waals surface area contributed by atoms with Crippen LogP contribution in [0.15, 0.2) is 24.3 Å². The Kier molecular flexibility index (Phi) is 6.29. The number of amides is 1. The molecule has 1 amide bonds. The van der Waals surface area contributed by atoms with E-state index in [1.807, 2.05) is 29.2 Å². The predicted molar refractivity (Wildman–Crippen MR) is 95.1 cm³/mol. The first-order chi connectivity index (χ1) is 12.2. The summed E-state index contributed by atoms with van der Waals surface area (Å²) in [5, 5.41) is 0. The zero-order valence-electron chi connectivity index (χ0n) is 15.1. The average Bonchev–Trinajstić information content (AvgIpc) is 3.04. The van der Waals surface area contributed by atoms with Crippen molar-refractivity contribution < 1.29 is 19.0 Å².